The number of hydrogen-bond donors (Lipinski definition) is 1. The summed E-state index contributed by atoms with van der Waals surface area (Å²) in [4.78, 5) is 28.2. The molecule has 1 N–H and O–H groups in total. The van der Waals surface area contributed by atoms with Gasteiger partial charge in [-0.15, -0.1) is 11.8 Å². The van der Waals surface area contributed by atoms with E-state index in [2.05, 4.69) is 21.2 Å². The predicted octanol–water partition coefficient (Wildman–Crippen LogP) is 5.60. The highest BCUT2D eigenvalue weighted by molar-refractivity contribution is 9.10. The van der Waals surface area contributed by atoms with Crippen LogP contribution in [0.15, 0.2) is 83.3 Å². The molecular formula is C27H28BrFN2O2S. The number of likely N-dealkylation sites (N-methyl/N-ethyl adjacent to an activating group) is 1. The zero-order valence-corrected chi connectivity index (χ0v) is 21.4. The molecule has 3 rings (SSSR count). The molecule has 1 atom stereocenters. The molecule has 0 saturated heterocycles. The summed E-state index contributed by atoms with van der Waals surface area (Å²) < 4.78 is 14.9. The van der Waals surface area contributed by atoms with Crippen LogP contribution in [0.4, 0.5) is 4.39 Å². The minimum Gasteiger partial charge on any atom is -0.355 e. The van der Waals surface area contributed by atoms with Gasteiger partial charge in [-0.05, 0) is 41.8 Å². The number of hydrogen-bond acceptors (Lipinski definition) is 3. The second-order valence-corrected chi connectivity index (χ2v) is 9.73. The molecular weight excluding hydrogens is 515 g/mol. The Morgan fingerprint density at radius 3 is 2.32 bits per heavy atom. The van der Waals surface area contributed by atoms with Crippen LogP contribution in [0.2, 0.25) is 0 Å². The van der Waals surface area contributed by atoms with Crippen LogP contribution in [0.5, 0.6) is 0 Å². The maximum absolute atomic E-state index is 14.0. The van der Waals surface area contributed by atoms with Gasteiger partial charge in [0.15, 0.2) is 0 Å². The normalized spacial score (nSPS) is 11.6. The molecule has 178 valence electrons. The van der Waals surface area contributed by atoms with E-state index in [1.165, 1.54) is 17.8 Å². The minimum atomic E-state index is -0.660. The molecule has 2 amide bonds. The summed E-state index contributed by atoms with van der Waals surface area (Å²) in [7, 11) is 0. The summed E-state index contributed by atoms with van der Waals surface area (Å²) in [5.41, 5.74) is 2.47. The number of nitrogens with zero attached hydrogens (tertiary/aromatic N) is 1. The number of benzene rings is 3. The number of carbonyl (C=O) groups excluding carboxylic acids is 2. The Morgan fingerprint density at radius 1 is 0.971 bits per heavy atom. The van der Waals surface area contributed by atoms with Gasteiger partial charge in [0.2, 0.25) is 11.8 Å². The third-order valence-electron chi connectivity index (χ3n) is 5.33. The lowest BCUT2D eigenvalue weighted by Crippen LogP contribution is -2.51. The first kappa shape index (κ1) is 26.0. The first-order chi connectivity index (χ1) is 16.5. The maximum Gasteiger partial charge on any atom is 0.243 e. The standard InChI is InChI=1S/C27H28BrFN2O2S/c1-2-30-27(33)25(16-20-8-4-3-5-9-20)31(17-21-12-14-23(28)15-13-21)26(32)19-34-18-22-10-6-7-11-24(22)29/h3-15,25H,2,16-19H2,1H3,(H,30,33). The van der Waals surface area contributed by atoms with Crippen LogP contribution in [0.3, 0.4) is 0 Å². The van der Waals surface area contributed by atoms with Crippen molar-refractivity contribution in [2.75, 3.05) is 12.3 Å². The fraction of sp³-hybridized carbons (Fsp3) is 0.259. The van der Waals surface area contributed by atoms with Crippen molar-refractivity contribution in [1.29, 1.82) is 0 Å². The van der Waals surface area contributed by atoms with E-state index in [-0.39, 0.29) is 23.4 Å². The van der Waals surface area contributed by atoms with Gasteiger partial charge in [-0.3, -0.25) is 9.59 Å². The van der Waals surface area contributed by atoms with E-state index in [1.807, 2.05) is 61.5 Å². The van der Waals surface area contributed by atoms with Gasteiger partial charge in [0.25, 0.3) is 0 Å². The monoisotopic (exact) mass is 542 g/mol. The second kappa shape index (κ2) is 13.3. The Bertz CT molecular complexity index is 1080. The number of halogens is 2. The summed E-state index contributed by atoms with van der Waals surface area (Å²) in [5, 5.41) is 2.89. The highest BCUT2D eigenvalue weighted by Gasteiger charge is 2.30. The summed E-state index contributed by atoms with van der Waals surface area (Å²) in [6, 6.07) is 23.3. The molecule has 4 nitrogen and oxygen atoms in total. The number of thioether (sulfide) groups is 1. The molecule has 0 heterocycles. The zero-order valence-electron chi connectivity index (χ0n) is 19.0. The van der Waals surface area contributed by atoms with Crippen molar-refractivity contribution in [3.05, 3.63) is 106 Å². The molecule has 0 aliphatic carbocycles. The van der Waals surface area contributed by atoms with Crippen LogP contribution in [0.1, 0.15) is 23.6 Å². The van der Waals surface area contributed by atoms with Crippen LogP contribution in [-0.4, -0.2) is 35.1 Å². The van der Waals surface area contributed by atoms with Crippen LogP contribution in [0.25, 0.3) is 0 Å². The lowest BCUT2D eigenvalue weighted by molar-refractivity contribution is -0.139. The highest BCUT2D eigenvalue weighted by atomic mass is 79.9. The van der Waals surface area contributed by atoms with Gasteiger partial charge in [0.05, 0.1) is 5.75 Å². The average molecular weight is 544 g/mol. The molecule has 0 aromatic heterocycles. The molecule has 0 aliphatic rings. The number of rotatable bonds is 11. The van der Waals surface area contributed by atoms with Crippen LogP contribution < -0.4 is 5.32 Å². The van der Waals surface area contributed by atoms with E-state index < -0.39 is 6.04 Å². The van der Waals surface area contributed by atoms with E-state index >= 15 is 0 Å². The Morgan fingerprint density at radius 2 is 1.65 bits per heavy atom. The molecule has 0 bridgehead atoms. The van der Waals surface area contributed by atoms with Gasteiger partial charge >= 0.3 is 0 Å². The van der Waals surface area contributed by atoms with Crippen molar-refractivity contribution in [3.63, 3.8) is 0 Å². The highest BCUT2D eigenvalue weighted by Crippen LogP contribution is 2.20. The molecule has 1 unspecified atom stereocenters. The molecule has 0 aliphatic heterocycles. The Balaban J connectivity index is 1.82. The SMILES string of the molecule is CCNC(=O)C(Cc1ccccc1)N(Cc1ccc(Br)cc1)C(=O)CSCc1ccccc1F. The zero-order chi connectivity index (χ0) is 24.3. The maximum atomic E-state index is 14.0. The van der Waals surface area contributed by atoms with Crippen LogP contribution >= 0.6 is 27.7 Å². The summed E-state index contributed by atoms with van der Waals surface area (Å²) in [6.07, 6.45) is 0.410. The van der Waals surface area contributed by atoms with E-state index in [1.54, 1.807) is 23.1 Å². The Labute approximate surface area is 213 Å². The van der Waals surface area contributed by atoms with Gasteiger partial charge in [0.1, 0.15) is 11.9 Å². The molecule has 7 heteroatoms. The third-order valence-corrected chi connectivity index (χ3v) is 6.82. The molecule has 34 heavy (non-hydrogen) atoms. The van der Waals surface area contributed by atoms with Crippen molar-refractivity contribution < 1.29 is 14.0 Å². The van der Waals surface area contributed by atoms with Crippen molar-refractivity contribution in [2.45, 2.75) is 31.7 Å². The lowest BCUT2D eigenvalue weighted by Gasteiger charge is -2.31. The second-order valence-electron chi connectivity index (χ2n) is 7.83. The quantitative estimate of drug-likeness (QED) is 0.343. The number of amides is 2. The van der Waals surface area contributed by atoms with Crippen LogP contribution in [-0.2, 0) is 28.3 Å². The van der Waals surface area contributed by atoms with Gasteiger partial charge in [0, 0.05) is 29.7 Å². The van der Waals surface area contributed by atoms with E-state index in [0.717, 1.165) is 15.6 Å². The van der Waals surface area contributed by atoms with Crippen molar-refractivity contribution >= 4 is 39.5 Å². The minimum absolute atomic E-state index is 0.148. The summed E-state index contributed by atoms with van der Waals surface area (Å²) in [6.45, 7) is 2.65. The topological polar surface area (TPSA) is 49.4 Å². The summed E-state index contributed by atoms with van der Waals surface area (Å²) >= 11 is 4.79. The molecule has 0 fully saturated rings. The van der Waals surface area contributed by atoms with Gasteiger partial charge in [-0.2, -0.15) is 0 Å². The predicted molar refractivity (Wildman–Crippen MR) is 140 cm³/mol. The molecule has 0 radical (unpaired) electrons. The fourth-order valence-electron chi connectivity index (χ4n) is 3.58. The molecule has 3 aromatic rings. The van der Waals surface area contributed by atoms with Gasteiger partial charge < -0.3 is 10.2 Å². The smallest absolute Gasteiger partial charge is 0.243 e. The number of carbonyl (C=O) groups is 2. The Hall–Kier alpha value is -2.64. The largest absolute Gasteiger partial charge is 0.355 e. The fourth-order valence-corrected chi connectivity index (χ4v) is 4.74. The molecule has 3 aromatic carbocycles. The van der Waals surface area contributed by atoms with Gasteiger partial charge in [-0.25, -0.2) is 4.39 Å². The molecule has 0 spiro atoms. The van der Waals surface area contributed by atoms with Crippen molar-refractivity contribution in [3.8, 4) is 0 Å². The molecule has 0 saturated carbocycles. The average Bonchev–Trinajstić information content (AvgIpc) is 2.84. The van der Waals surface area contributed by atoms with Gasteiger partial charge in [-0.1, -0.05) is 76.6 Å². The first-order valence-corrected chi connectivity index (χ1v) is 13.1. The first-order valence-electron chi connectivity index (χ1n) is 11.1. The Kier molecular flexibility index (Phi) is 10.2. The van der Waals surface area contributed by atoms with E-state index in [4.69, 9.17) is 0 Å². The number of nitrogens with one attached hydrogen (secondary N) is 1. The van der Waals surface area contributed by atoms with E-state index in [9.17, 15) is 14.0 Å². The van der Waals surface area contributed by atoms with Crippen molar-refractivity contribution in [1.82, 2.24) is 10.2 Å². The van der Waals surface area contributed by atoms with Crippen LogP contribution in [0, 0.1) is 5.82 Å². The lowest BCUT2D eigenvalue weighted by atomic mass is 10.0. The van der Waals surface area contributed by atoms with Crippen molar-refractivity contribution in [2.24, 2.45) is 0 Å². The third kappa shape index (κ3) is 7.71. The van der Waals surface area contributed by atoms with E-state index in [0.29, 0.717) is 30.8 Å². The summed E-state index contributed by atoms with van der Waals surface area (Å²) in [5.74, 6) is -0.0873.